The number of aromatic nitrogens is 1. The van der Waals surface area contributed by atoms with Crippen LogP contribution >= 0.6 is 11.3 Å². The van der Waals surface area contributed by atoms with Crippen LogP contribution < -0.4 is 5.32 Å². The van der Waals surface area contributed by atoms with E-state index in [9.17, 15) is 9.59 Å². The van der Waals surface area contributed by atoms with Crippen LogP contribution in [0.25, 0.3) is 22.4 Å². The zero-order valence-corrected chi connectivity index (χ0v) is 17.4. The topological polar surface area (TPSA) is 106 Å². The molecule has 2 N–H and O–H groups in total. The standard InChI is InChI=1S/C23H20N4O3S/c24-13-15-4-6-16(7-5-15)18-2-1-3-19(12-18)20-14-31-22(25-20)26-21(28)17-8-10-27(11-9-17)23(29)30/h1-7,12,14,17H,8-11H2,(H,29,30)(H,25,26,28). The summed E-state index contributed by atoms with van der Waals surface area (Å²) in [6, 6.07) is 17.5. The number of carbonyl (C=O) groups is 2. The monoisotopic (exact) mass is 432 g/mol. The van der Waals surface area contributed by atoms with Crippen LogP contribution in [0.2, 0.25) is 0 Å². The Bertz CT molecular complexity index is 1140. The van der Waals surface area contributed by atoms with Crippen molar-refractivity contribution >= 4 is 28.5 Å². The Morgan fingerprint density at radius 1 is 1.10 bits per heavy atom. The van der Waals surface area contributed by atoms with Crippen LogP contribution in [0.1, 0.15) is 18.4 Å². The highest BCUT2D eigenvalue weighted by Crippen LogP contribution is 2.29. The maximum absolute atomic E-state index is 12.5. The molecule has 1 fully saturated rings. The summed E-state index contributed by atoms with van der Waals surface area (Å²) in [5, 5.41) is 23.3. The average Bonchev–Trinajstić information content (AvgIpc) is 3.28. The van der Waals surface area contributed by atoms with E-state index in [1.165, 1.54) is 16.2 Å². The van der Waals surface area contributed by atoms with Gasteiger partial charge in [-0.3, -0.25) is 4.79 Å². The van der Waals surface area contributed by atoms with Crippen molar-refractivity contribution in [3.05, 3.63) is 59.5 Å². The van der Waals surface area contributed by atoms with Crippen LogP contribution in [0.4, 0.5) is 9.93 Å². The fourth-order valence-electron chi connectivity index (χ4n) is 3.60. The first-order chi connectivity index (χ1) is 15.0. The van der Waals surface area contributed by atoms with Gasteiger partial charge in [-0.25, -0.2) is 9.78 Å². The number of anilines is 1. The number of nitriles is 1. The minimum atomic E-state index is -0.938. The largest absolute Gasteiger partial charge is 0.465 e. The first-order valence-corrected chi connectivity index (χ1v) is 10.8. The molecule has 31 heavy (non-hydrogen) atoms. The molecule has 7 nitrogen and oxygen atoms in total. The Labute approximate surface area is 183 Å². The van der Waals surface area contributed by atoms with Crippen molar-refractivity contribution < 1.29 is 14.7 Å². The lowest BCUT2D eigenvalue weighted by atomic mass is 9.96. The molecule has 0 bridgehead atoms. The van der Waals surface area contributed by atoms with E-state index in [-0.39, 0.29) is 11.8 Å². The van der Waals surface area contributed by atoms with Crippen molar-refractivity contribution in [2.24, 2.45) is 5.92 Å². The zero-order chi connectivity index (χ0) is 21.8. The van der Waals surface area contributed by atoms with E-state index in [1.807, 2.05) is 41.8 Å². The third-order valence-corrected chi connectivity index (χ3v) is 6.13. The quantitative estimate of drug-likeness (QED) is 0.623. The maximum atomic E-state index is 12.5. The number of benzene rings is 2. The van der Waals surface area contributed by atoms with Crippen LogP contribution in [0.3, 0.4) is 0 Å². The molecule has 0 spiro atoms. The highest BCUT2D eigenvalue weighted by molar-refractivity contribution is 7.14. The Morgan fingerprint density at radius 2 is 1.81 bits per heavy atom. The minimum Gasteiger partial charge on any atom is -0.465 e. The molecule has 0 atom stereocenters. The highest BCUT2D eigenvalue weighted by atomic mass is 32.1. The summed E-state index contributed by atoms with van der Waals surface area (Å²) >= 11 is 1.37. The second-order valence-electron chi connectivity index (χ2n) is 7.34. The lowest BCUT2D eigenvalue weighted by molar-refractivity contribution is -0.121. The van der Waals surface area contributed by atoms with Gasteiger partial charge in [-0.15, -0.1) is 11.3 Å². The number of nitrogens with zero attached hydrogens (tertiary/aromatic N) is 3. The van der Waals surface area contributed by atoms with Gasteiger partial charge in [0.25, 0.3) is 0 Å². The van der Waals surface area contributed by atoms with E-state index < -0.39 is 6.09 Å². The molecule has 0 aliphatic carbocycles. The number of thiazole rings is 1. The number of likely N-dealkylation sites (tertiary alicyclic amines) is 1. The van der Waals surface area contributed by atoms with Crippen molar-refractivity contribution in [3.63, 3.8) is 0 Å². The molecule has 2 amide bonds. The summed E-state index contributed by atoms with van der Waals surface area (Å²) in [6.45, 7) is 0.747. The van der Waals surface area contributed by atoms with Crippen LogP contribution in [-0.4, -0.2) is 40.1 Å². The first-order valence-electron chi connectivity index (χ1n) is 9.89. The molecule has 8 heteroatoms. The molecule has 0 unspecified atom stereocenters. The van der Waals surface area contributed by atoms with E-state index in [0.29, 0.717) is 36.6 Å². The molecule has 3 aromatic rings. The summed E-state index contributed by atoms with van der Waals surface area (Å²) in [7, 11) is 0. The second-order valence-corrected chi connectivity index (χ2v) is 8.20. The lowest BCUT2D eigenvalue weighted by Gasteiger charge is -2.28. The Balaban J connectivity index is 1.43. The molecule has 0 saturated carbocycles. The van der Waals surface area contributed by atoms with E-state index in [4.69, 9.17) is 10.4 Å². The number of amides is 2. The number of carbonyl (C=O) groups excluding carboxylic acids is 1. The molecule has 4 rings (SSSR count). The highest BCUT2D eigenvalue weighted by Gasteiger charge is 2.27. The molecule has 1 saturated heterocycles. The van der Waals surface area contributed by atoms with Gasteiger partial charge in [0.2, 0.25) is 5.91 Å². The Hall–Kier alpha value is -3.70. The van der Waals surface area contributed by atoms with E-state index >= 15 is 0 Å². The van der Waals surface area contributed by atoms with E-state index in [0.717, 1.165) is 22.4 Å². The SMILES string of the molecule is N#Cc1ccc(-c2cccc(-c3csc(NC(=O)C4CCN(C(=O)O)CC4)n3)c2)cc1. The Morgan fingerprint density at radius 3 is 2.48 bits per heavy atom. The number of hydrogen-bond donors (Lipinski definition) is 2. The summed E-state index contributed by atoms with van der Waals surface area (Å²) in [5.74, 6) is -0.320. The van der Waals surface area contributed by atoms with Gasteiger partial charge in [-0.1, -0.05) is 30.3 Å². The second kappa shape index (κ2) is 8.98. The molecular formula is C23H20N4O3S. The number of nitrogens with one attached hydrogen (secondary N) is 1. The molecule has 1 aromatic heterocycles. The molecule has 2 aromatic carbocycles. The summed E-state index contributed by atoms with van der Waals surface area (Å²) in [6.07, 6.45) is 0.0955. The van der Waals surface area contributed by atoms with Crippen molar-refractivity contribution in [3.8, 4) is 28.5 Å². The molecule has 0 radical (unpaired) electrons. The van der Waals surface area contributed by atoms with Crippen molar-refractivity contribution in [2.45, 2.75) is 12.8 Å². The van der Waals surface area contributed by atoms with E-state index in [1.54, 1.807) is 12.1 Å². The number of hydrogen-bond acceptors (Lipinski definition) is 5. The zero-order valence-electron chi connectivity index (χ0n) is 16.6. The van der Waals surface area contributed by atoms with Crippen molar-refractivity contribution in [1.29, 1.82) is 5.26 Å². The minimum absolute atomic E-state index is 0.114. The third-order valence-electron chi connectivity index (χ3n) is 5.38. The van der Waals surface area contributed by atoms with Crippen LogP contribution in [0.5, 0.6) is 0 Å². The number of carboxylic acid groups (broad SMARTS) is 1. The van der Waals surface area contributed by atoms with Gasteiger partial charge in [0, 0.05) is 30.0 Å². The molecule has 2 heterocycles. The van der Waals surface area contributed by atoms with Crippen LogP contribution in [0, 0.1) is 17.2 Å². The summed E-state index contributed by atoms with van der Waals surface area (Å²) < 4.78 is 0. The molecule has 1 aliphatic rings. The van der Waals surface area contributed by atoms with Gasteiger partial charge in [0.05, 0.1) is 17.3 Å². The fraction of sp³-hybridized carbons (Fsp3) is 0.217. The van der Waals surface area contributed by atoms with Gasteiger partial charge in [-0.2, -0.15) is 5.26 Å². The smallest absolute Gasteiger partial charge is 0.407 e. The maximum Gasteiger partial charge on any atom is 0.407 e. The predicted molar refractivity (Wildman–Crippen MR) is 119 cm³/mol. The van der Waals surface area contributed by atoms with Gasteiger partial charge in [0.1, 0.15) is 0 Å². The summed E-state index contributed by atoms with van der Waals surface area (Å²) in [5.41, 5.74) is 4.36. The predicted octanol–water partition coefficient (Wildman–Crippen LogP) is 4.68. The van der Waals surface area contributed by atoms with Crippen molar-refractivity contribution in [1.82, 2.24) is 9.88 Å². The van der Waals surface area contributed by atoms with Gasteiger partial charge in [-0.05, 0) is 42.2 Å². The summed E-state index contributed by atoms with van der Waals surface area (Å²) in [4.78, 5) is 29.5. The Kier molecular flexibility index (Phi) is 5.96. The fourth-order valence-corrected chi connectivity index (χ4v) is 4.32. The first kappa shape index (κ1) is 20.6. The van der Waals surface area contributed by atoms with Crippen molar-refractivity contribution in [2.75, 3.05) is 18.4 Å². The average molecular weight is 433 g/mol. The van der Waals surface area contributed by atoms with E-state index in [2.05, 4.69) is 16.4 Å². The van der Waals surface area contributed by atoms with Gasteiger partial charge >= 0.3 is 6.09 Å². The normalized spacial score (nSPS) is 14.1. The molecule has 156 valence electrons. The van der Waals surface area contributed by atoms with Gasteiger partial charge < -0.3 is 15.3 Å². The van der Waals surface area contributed by atoms with Crippen LogP contribution in [0.15, 0.2) is 53.9 Å². The lowest BCUT2D eigenvalue weighted by Crippen LogP contribution is -2.40. The number of piperidine rings is 1. The number of rotatable bonds is 4. The van der Waals surface area contributed by atoms with Crippen LogP contribution in [-0.2, 0) is 4.79 Å². The van der Waals surface area contributed by atoms with Gasteiger partial charge in [0.15, 0.2) is 5.13 Å². The molecule has 1 aliphatic heterocycles. The third kappa shape index (κ3) is 4.73. The molecular weight excluding hydrogens is 412 g/mol.